The molecule has 3 nitrogen and oxygen atoms in total. The van der Waals surface area contributed by atoms with E-state index in [4.69, 9.17) is 0 Å². The number of hydrogen-bond donors (Lipinski definition) is 2. The molecule has 3 atom stereocenters. The summed E-state index contributed by atoms with van der Waals surface area (Å²) in [7, 11) is 0. The maximum atomic E-state index is 11.5. The van der Waals surface area contributed by atoms with Crippen LogP contribution in [0.2, 0.25) is 0 Å². The van der Waals surface area contributed by atoms with E-state index in [9.17, 15) is 9.90 Å². The lowest BCUT2D eigenvalue weighted by Gasteiger charge is -2.23. The summed E-state index contributed by atoms with van der Waals surface area (Å²) in [5, 5.41) is 12.8. The third-order valence-corrected chi connectivity index (χ3v) is 4.09. The van der Waals surface area contributed by atoms with Gasteiger partial charge >= 0.3 is 5.97 Å². The van der Waals surface area contributed by atoms with Crippen LogP contribution in [0.15, 0.2) is 30.3 Å². The first kappa shape index (κ1) is 14.1. The van der Waals surface area contributed by atoms with Crippen molar-refractivity contribution in [1.29, 1.82) is 0 Å². The maximum absolute atomic E-state index is 11.5. The lowest BCUT2D eigenvalue weighted by Crippen LogP contribution is -2.38. The highest BCUT2D eigenvalue weighted by molar-refractivity contribution is 5.75. The van der Waals surface area contributed by atoms with Crippen LogP contribution in [0.1, 0.15) is 45.2 Å². The molecule has 2 rings (SSSR count). The molecular formula is C16H23NO2. The molecule has 3 heteroatoms. The molecule has 0 spiro atoms. The molecule has 0 saturated heterocycles. The van der Waals surface area contributed by atoms with Crippen LogP contribution in [0.5, 0.6) is 0 Å². The molecule has 2 N–H and O–H groups in total. The Hall–Kier alpha value is -1.35. The zero-order chi connectivity index (χ0) is 14.0. The highest BCUT2D eigenvalue weighted by Crippen LogP contribution is 2.41. The van der Waals surface area contributed by atoms with Crippen LogP contribution in [0.25, 0.3) is 0 Å². The fourth-order valence-electron chi connectivity index (χ4n) is 3.29. The van der Waals surface area contributed by atoms with Crippen molar-refractivity contribution in [2.75, 3.05) is 0 Å². The van der Waals surface area contributed by atoms with Gasteiger partial charge < -0.3 is 5.11 Å². The molecule has 0 bridgehead atoms. The van der Waals surface area contributed by atoms with Gasteiger partial charge in [-0.25, -0.2) is 0 Å². The largest absolute Gasteiger partial charge is 0.480 e. The molecule has 0 aliphatic heterocycles. The van der Waals surface area contributed by atoms with Crippen LogP contribution in [0, 0.1) is 11.3 Å². The van der Waals surface area contributed by atoms with Crippen molar-refractivity contribution in [2.24, 2.45) is 11.3 Å². The third-order valence-electron chi connectivity index (χ3n) is 4.09. The van der Waals surface area contributed by atoms with E-state index in [1.165, 1.54) is 0 Å². The molecular weight excluding hydrogens is 238 g/mol. The quantitative estimate of drug-likeness (QED) is 0.875. The summed E-state index contributed by atoms with van der Waals surface area (Å²) in [4.78, 5) is 11.5. The molecule has 19 heavy (non-hydrogen) atoms. The molecule has 1 saturated carbocycles. The Bertz CT molecular complexity index is 441. The van der Waals surface area contributed by atoms with Gasteiger partial charge in [0.05, 0.1) is 0 Å². The fraction of sp³-hybridized carbons (Fsp3) is 0.562. The first-order valence-corrected chi connectivity index (χ1v) is 6.93. The Balaban J connectivity index is 2.13. The first-order valence-electron chi connectivity index (χ1n) is 6.93. The molecule has 1 aromatic rings. The van der Waals surface area contributed by atoms with Crippen molar-refractivity contribution in [3.8, 4) is 0 Å². The maximum Gasteiger partial charge on any atom is 0.325 e. The minimum absolute atomic E-state index is 0.274. The Kier molecular flexibility index (Phi) is 3.95. The minimum Gasteiger partial charge on any atom is -0.480 e. The standard InChI is InChI=1S/C16H23NO2/c1-11-9-16(2,3)10-13(11)17-14(15(18)19)12-7-5-4-6-8-12/h4-8,11,13-14,17H,9-10H2,1-3H3,(H,18,19). The van der Waals surface area contributed by atoms with Crippen molar-refractivity contribution in [3.05, 3.63) is 35.9 Å². The minimum atomic E-state index is -0.803. The zero-order valence-electron chi connectivity index (χ0n) is 11.9. The van der Waals surface area contributed by atoms with Gasteiger partial charge in [-0.15, -0.1) is 0 Å². The SMILES string of the molecule is CC1CC(C)(C)CC1NC(C(=O)O)c1ccccc1. The topological polar surface area (TPSA) is 49.3 Å². The van der Waals surface area contributed by atoms with E-state index < -0.39 is 12.0 Å². The molecule has 0 heterocycles. The second-order valence-electron chi connectivity index (χ2n) is 6.50. The molecule has 0 amide bonds. The zero-order valence-corrected chi connectivity index (χ0v) is 11.9. The van der Waals surface area contributed by atoms with Crippen molar-refractivity contribution >= 4 is 5.97 Å². The molecule has 1 aromatic carbocycles. The molecule has 0 aromatic heterocycles. The van der Waals surface area contributed by atoms with E-state index >= 15 is 0 Å². The predicted octanol–water partition coefficient (Wildman–Crippen LogP) is 3.23. The molecule has 1 fully saturated rings. The van der Waals surface area contributed by atoms with E-state index in [1.54, 1.807) is 0 Å². The van der Waals surface area contributed by atoms with Gasteiger partial charge in [-0.3, -0.25) is 10.1 Å². The summed E-state index contributed by atoms with van der Waals surface area (Å²) in [6.45, 7) is 6.71. The van der Waals surface area contributed by atoms with Gasteiger partial charge in [0.1, 0.15) is 6.04 Å². The van der Waals surface area contributed by atoms with Crippen LogP contribution >= 0.6 is 0 Å². The third kappa shape index (κ3) is 3.35. The van der Waals surface area contributed by atoms with Crippen molar-refractivity contribution in [2.45, 2.75) is 45.7 Å². The van der Waals surface area contributed by atoms with Crippen LogP contribution in [-0.4, -0.2) is 17.1 Å². The van der Waals surface area contributed by atoms with Crippen LogP contribution < -0.4 is 5.32 Å². The lowest BCUT2D eigenvalue weighted by atomic mass is 9.91. The van der Waals surface area contributed by atoms with E-state index in [0.29, 0.717) is 11.3 Å². The van der Waals surface area contributed by atoms with Gasteiger partial charge in [0.25, 0.3) is 0 Å². The van der Waals surface area contributed by atoms with Crippen LogP contribution in [0.4, 0.5) is 0 Å². The first-order chi connectivity index (χ1) is 8.89. The lowest BCUT2D eigenvalue weighted by molar-refractivity contribution is -0.140. The molecule has 1 aliphatic rings. The molecule has 0 radical (unpaired) electrons. The number of rotatable bonds is 4. The number of carboxylic acids is 1. The number of hydrogen-bond acceptors (Lipinski definition) is 2. The highest BCUT2D eigenvalue weighted by atomic mass is 16.4. The second kappa shape index (κ2) is 5.33. The summed E-state index contributed by atoms with van der Waals surface area (Å²) in [5.41, 5.74) is 1.13. The second-order valence-corrected chi connectivity index (χ2v) is 6.50. The van der Waals surface area contributed by atoms with E-state index in [-0.39, 0.29) is 6.04 Å². The Morgan fingerprint density at radius 1 is 1.32 bits per heavy atom. The summed E-state index contributed by atoms with van der Waals surface area (Å²) in [6.07, 6.45) is 2.18. The average molecular weight is 261 g/mol. The number of carboxylic acid groups (broad SMARTS) is 1. The van der Waals surface area contributed by atoms with Gasteiger partial charge in [-0.1, -0.05) is 51.1 Å². The van der Waals surface area contributed by atoms with Crippen LogP contribution in [-0.2, 0) is 4.79 Å². The van der Waals surface area contributed by atoms with E-state index in [2.05, 4.69) is 26.1 Å². The van der Waals surface area contributed by atoms with Gasteiger partial charge in [0.2, 0.25) is 0 Å². The highest BCUT2D eigenvalue weighted by Gasteiger charge is 2.38. The monoisotopic (exact) mass is 261 g/mol. The fourth-order valence-corrected chi connectivity index (χ4v) is 3.29. The average Bonchev–Trinajstić information content (AvgIpc) is 2.60. The molecule has 104 valence electrons. The normalized spacial score (nSPS) is 27.1. The van der Waals surface area contributed by atoms with Gasteiger partial charge in [-0.05, 0) is 29.7 Å². The van der Waals surface area contributed by atoms with E-state index in [0.717, 1.165) is 18.4 Å². The smallest absolute Gasteiger partial charge is 0.325 e. The van der Waals surface area contributed by atoms with Gasteiger partial charge in [0, 0.05) is 6.04 Å². The number of aliphatic carboxylic acids is 1. The summed E-state index contributed by atoms with van der Waals surface area (Å²) < 4.78 is 0. The Morgan fingerprint density at radius 3 is 2.42 bits per heavy atom. The summed E-state index contributed by atoms with van der Waals surface area (Å²) in [5.74, 6) is -0.288. The van der Waals surface area contributed by atoms with Gasteiger partial charge in [-0.2, -0.15) is 0 Å². The van der Waals surface area contributed by atoms with Crippen molar-refractivity contribution in [3.63, 3.8) is 0 Å². The predicted molar refractivity (Wildman–Crippen MR) is 75.9 cm³/mol. The van der Waals surface area contributed by atoms with Crippen LogP contribution in [0.3, 0.4) is 0 Å². The van der Waals surface area contributed by atoms with E-state index in [1.807, 2.05) is 30.3 Å². The summed E-state index contributed by atoms with van der Waals surface area (Å²) in [6, 6.07) is 9.08. The number of nitrogens with one attached hydrogen (secondary N) is 1. The number of carbonyl (C=O) groups is 1. The Labute approximate surface area is 115 Å². The number of benzene rings is 1. The van der Waals surface area contributed by atoms with Crippen molar-refractivity contribution < 1.29 is 9.90 Å². The molecule has 1 aliphatic carbocycles. The van der Waals surface area contributed by atoms with Crippen molar-refractivity contribution in [1.82, 2.24) is 5.32 Å². The Morgan fingerprint density at radius 2 is 1.95 bits per heavy atom. The summed E-state index contributed by atoms with van der Waals surface area (Å²) >= 11 is 0. The molecule has 3 unspecified atom stereocenters. The van der Waals surface area contributed by atoms with Gasteiger partial charge in [0.15, 0.2) is 0 Å².